The highest BCUT2D eigenvalue weighted by Crippen LogP contribution is 2.30. The zero-order chi connectivity index (χ0) is 28.4. The van der Waals surface area contributed by atoms with Crippen LogP contribution in [0.1, 0.15) is 39.8 Å². The molecule has 2 fully saturated rings. The Labute approximate surface area is 227 Å². The predicted molar refractivity (Wildman–Crippen MR) is 133 cm³/mol. The van der Waals surface area contributed by atoms with Gasteiger partial charge in [0, 0.05) is 43.5 Å². The third kappa shape index (κ3) is 5.49. The molecule has 0 bridgehead atoms. The fourth-order valence-corrected chi connectivity index (χ4v) is 4.85. The highest BCUT2D eigenvalue weighted by molar-refractivity contribution is 5.99. The normalized spacial score (nSPS) is 20.4. The zero-order valence-electron chi connectivity index (χ0n) is 21.7. The van der Waals surface area contributed by atoms with E-state index in [1.54, 1.807) is 0 Å². The lowest BCUT2D eigenvalue weighted by molar-refractivity contribution is -0.112. The number of nitrogens with one attached hydrogen (secondary N) is 1. The maximum atomic E-state index is 14.1. The third-order valence-corrected chi connectivity index (χ3v) is 7.01. The van der Waals surface area contributed by atoms with E-state index in [1.807, 2.05) is 6.92 Å². The fourth-order valence-electron chi connectivity index (χ4n) is 4.85. The van der Waals surface area contributed by atoms with Crippen LogP contribution in [0.25, 0.3) is 0 Å². The maximum absolute atomic E-state index is 14.1. The van der Waals surface area contributed by atoms with Gasteiger partial charge in [0.15, 0.2) is 11.9 Å². The molecule has 0 radical (unpaired) electrons. The van der Waals surface area contributed by atoms with Crippen molar-refractivity contribution in [1.29, 1.82) is 0 Å². The number of rotatable bonds is 6. The first kappa shape index (κ1) is 27.5. The molecule has 4 heterocycles. The molecule has 3 aliphatic heterocycles. The number of ether oxygens (including phenoxy) is 4. The van der Waals surface area contributed by atoms with Crippen LogP contribution in [0.2, 0.25) is 0 Å². The van der Waals surface area contributed by atoms with E-state index in [0.29, 0.717) is 45.4 Å². The molecule has 0 spiro atoms. The van der Waals surface area contributed by atoms with E-state index in [1.165, 1.54) is 26.6 Å². The highest BCUT2D eigenvalue weighted by atomic mass is 19.1. The summed E-state index contributed by atoms with van der Waals surface area (Å²) in [7, 11) is 0. The Morgan fingerprint density at radius 1 is 1.15 bits per heavy atom. The number of aromatic nitrogens is 1. The van der Waals surface area contributed by atoms with E-state index in [4.69, 9.17) is 18.9 Å². The summed E-state index contributed by atoms with van der Waals surface area (Å²) in [4.78, 5) is 55.4. The number of hydrogen-bond acceptors (Lipinski definition) is 8. The molecule has 0 saturated carbocycles. The lowest BCUT2D eigenvalue weighted by Crippen LogP contribution is -2.57. The van der Waals surface area contributed by atoms with Gasteiger partial charge in [0.1, 0.15) is 17.2 Å². The van der Waals surface area contributed by atoms with Gasteiger partial charge in [-0.25, -0.2) is 13.6 Å². The van der Waals surface area contributed by atoms with E-state index in [-0.39, 0.29) is 36.0 Å². The SMILES string of the molecule is CC1CCOC2Cn3cc(C(=O)NCc4ccc(F)cc4F)c(=O)c(OCOC(=O)N4CCOCC4)c3C(=O)N12. The number of benzene rings is 1. The van der Waals surface area contributed by atoms with Gasteiger partial charge in [-0.1, -0.05) is 6.07 Å². The lowest BCUT2D eigenvalue weighted by atomic mass is 10.1. The molecule has 0 aliphatic carbocycles. The number of amides is 3. The minimum Gasteiger partial charge on any atom is -0.451 e. The Hall–Kier alpha value is -4.04. The molecule has 5 rings (SSSR count). The summed E-state index contributed by atoms with van der Waals surface area (Å²) in [5.41, 5.74) is -1.40. The molecule has 3 amide bonds. The van der Waals surface area contributed by atoms with Gasteiger partial charge in [0.25, 0.3) is 11.8 Å². The van der Waals surface area contributed by atoms with Crippen molar-refractivity contribution >= 4 is 17.9 Å². The van der Waals surface area contributed by atoms with Gasteiger partial charge in [0.2, 0.25) is 18.0 Å². The standard InChI is InChI=1S/C26H28F2N4O8/c1-15-4-7-38-20-13-31-12-18(24(34)29-11-16-2-3-17(27)10-19(16)28)22(33)23(21(31)25(35)32(15)20)39-14-40-26(36)30-5-8-37-9-6-30/h2-3,10,12,15,20H,4-9,11,13-14H2,1H3,(H,29,34). The third-order valence-electron chi connectivity index (χ3n) is 7.01. The van der Waals surface area contributed by atoms with Crippen molar-refractivity contribution in [1.82, 2.24) is 19.7 Å². The number of fused-ring (bicyclic) bond motifs is 2. The van der Waals surface area contributed by atoms with Gasteiger partial charge in [-0.15, -0.1) is 0 Å². The molecule has 12 nitrogen and oxygen atoms in total. The quantitative estimate of drug-likeness (QED) is 0.524. The van der Waals surface area contributed by atoms with Gasteiger partial charge >= 0.3 is 6.09 Å². The molecule has 1 N–H and O–H groups in total. The van der Waals surface area contributed by atoms with Gasteiger partial charge < -0.3 is 38.6 Å². The van der Waals surface area contributed by atoms with Crippen LogP contribution < -0.4 is 15.5 Å². The first-order chi connectivity index (χ1) is 19.2. The largest absolute Gasteiger partial charge is 0.451 e. The average Bonchev–Trinajstić information content (AvgIpc) is 2.94. The van der Waals surface area contributed by atoms with Crippen molar-refractivity contribution in [2.45, 2.75) is 38.7 Å². The van der Waals surface area contributed by atoms with Crippen molar-refractivity contribution in [3.8, 4) is 5.75 Å². The van der Waals surface area contributed by atoms with Crippen LogP contribution in [-0.4, -0.2) is 84.2 Å². The Morgan fingerprint density at radius 3 is 2.67 bits per heavy atom. The Morgan fingerprint density at radius 2 is 1.93 bits per heavy atom. The molecule has 14 heteroatoms. The number of halogens is 2. The summed E-state index contributed by atoms with van der Waals surface area (Å²) in [6.45, 7) is 2.77. The number of morpholine rings is 1. The predicted octanol–water partition coefficient (Wildman–Crippen LogP) is 1.45. The molecule has 2 saturated heterocycles. The fraction of sp³-hybridized carbons (Fsp3) is 0.462. The number of pyridine rings is 1. The lowest BCUT2D eigenvalue weighted by Gasteiger charge is -2.44. The van der Waals surface area contributed by atoms with E-state index < -0.39 is 53.7 Å². The topological polar surface area (TPSA) is 129 Å². The number of carbonyl (C=O) groups excluding carboxylic acids is 3. The van der Waals surface area contributed by atoms with E-state index >= 15 is 0 Å². The van der Waals surface area contributed by atoms with Crippen LogP contribution >= 0.6 is 0 Å². The Bertz CT molecular complexity index is 1380. The smallest absolute Gasteiger partial charge is 0.412 e. The van der Waals surface area contributed by atoms with E-state index in [2.05, 4.69) is 5.32 Å². The van der Waals surface area contributed by atoms with Crippen molar-refractivity contribution < 1.29 is 42.1 Å². The van der Waals surface area contributed by atoms with Crippen molar-refractivity contribution in [2.75, 3.05) is 39.7 Å². The first-order valence-electron chi connectivity index (χ1n) is 12.8. The van der Waals surface area contributed by atoms with Gasteiger partial charge in [-0.3, -0.25) is 14.4 Å². The molecule has 1 aromatic carbocycles. The van der Waals surface area contributed by atoms with Crippen LogP contribution in [0.4, 0.5) is 13.6 Å². The maximum Gasteiger partial charge on any atom is 0.412 e. The number of hydrogen-bond donors (Lipinski definition) is 1. The van der Waals surface area contributed by atoms with Crippen molar-refractivity contribution in [3.05, 3.63) is 63.1 Å². The summed E-state index contributed by atoms with van der Waals surface area (Å²) >= 11 is 0. The summed E-state index contributed by atoms with van der Waals surface area (Å²) in [6.07, 6.45) is 0.512. The van der Waals surface area contributed by atoms with Gasteiger partial charge in [-0.2, -0.15) is 0 Å². The Kier molecular flexibility index (Phi) is 7.98. The molecular weight excluding hydrogens is 534 g/mol. The molecule has 2 aromatic rings. The molecule has 2 atom stereocenters. The molecule has 40 heavy (non-hydrogen) atoms. The molecule has 1 aromatic heterocycles. The monoisotopic (exact) mass is 562 g/mol. The van der Waals surface area contributed by atoms with Crippen LogP contribution in [0.3, 0.4) is 0 Å². The minimum atomic E-state index is -0.914. The van der Waals surface area contributed by atoms with Crippen molar-refractivity contribution in [3.63, 3.8) is 0 Å². The van der Waals surface area contributed by atoms with Crippen LogP contribution in [0.5, 0.6) is 5.75 Å². The van der Waals surface area contributed by atoms with Crippen LogP contribution in [0, 0.1) is 11.6 Å². The molecular formula is C26H28F2N4O8. The zero-order valence-corrected chi connectivity index (χ0v) is 21.7. The van der Waals surface area contributed by atoms with Gasteiger partial charge in [-0.05, 0) is 19.4 Å². The molecule has 3 aliphatic rings. The second-order valence-electron chi connectivity index (χ2n) is 9.57. The number of carbonyl (C=O) groups is 3. The average molecular weight is 563 g/mol. The molecule has 214 valence electrons. The second-order valence-corrected chi connectivity index (χ2v) is 9.57. The second kappa shape index (κ2) is 11.6. The first-order valence-corrected chi connectivity index (χ1v) is 12.8. The number of nitrogens with zero attached hydrogens (tertiary/aromatic N) is 3. The summed E-state index contributed by atoms with van der Waals surface area (Å²) in [5, 5.41) is 2.44. The van der Waals surface area contributed by atoms with Crippen LogP contribution in [0.15, 0.2) is 29.2 Å². The van der Waals surface area contributed by atoms with Gasteiger partial charge in [0.05, 0.1) is 26.4 Å². The molecule has 2 unspecified atom stereocenters. The summed E-state index contributed by atoms with van der Waals surface area (Å²) in [6, 6.07) is 2.74. The van der Waals surface area contributed by atoms with E-state index in [0.717, 1.165) is 6.07 Å². The highest BCUT2D eigenvalue weighted by Gasteiger charge is 2.41. The van der Waals surface area contributed by atoms with E-state index in [9.17, 15) is 28.0 Å². The Balaban J connectivity index is 1.42. The summed E-state index contributed by atoms with van der Waals surface area (Å²) < 4.78 is 50.4. The summed E-state index contributed by atoms with van der Waals surface area (Å²) in [5.74, 6) is -3.49. The van der Waals surface area contributed by atoms with Crippen molar-refractivity contribution in [2.24, 2.45) is 0 Å². The minimum absolute atomic E-state index is 0.00900. The van der Waals surface area contributed by atoms with Crippen LogP contribution in [-0.2, 0) is 27.3 Å².